The highest BCUT2D eigenvalue weighted by molar-refractivity contribution is 5.76. The summed E-state index contributed by atoms with van der Waals surface area (Å²) in [4.78, 5) is 11.2. The molecule has 4 nitrogen and oxygen atoms in total. The Hall–Kier alpha value is -0.610. The van der Waals surface area contributed by atoms with E-state index in [1.54, 1.807) is 0 Å². The molecule has 3 N–H and O–H groups in total. The highest BCUT2D eigenvalue weighted by Gasteiger charge is 2.32. The molecule has 14 heavy (non-hydrogen) atoms. The van der Waals surface area contributed by atoms with Crippen molar-refractivity contribution in [1.29, 1.82) is 0 Å². The van der Waals surface area contributed by atoms with Crippen molar-refractivity contribution in [3.8, 4) is 0 Å². The number of carbonyl (C=O) groups is 1. The van der Waals surface area contributed by atoms with Gasteiger partial charge in [-0.15, -0.1) is 0 Å². The maximum Gasteiger partial charge on any atom is 0.220 e. The second-order valence-electron chi connectivity index (χ2n) is 4.00. The Balaban J connectivity index is 2.31. The van der Waals surface area contributed by atoms with Gasteiger partial charge in [-0.25, -0.2) is 0 Å². The van der Waals surface area contributed by atoms with Gasteiger partial charge in [-0.3, -0.25) is 4.79 Å². The van der Waals surface area contributed by atoms with Gasteiger partial charge in [0.1, 0.15) is 0 Å². The molecule has 0 aliphatic heterocycles. The lowest BCUT2D eigenvalue weighted by Gasteiger charge is -2.11. The SMILES string of the molecule is CCCC(=O)N[C@@H]1C[C@H](CO)[C@H](O)C1. The topological polar surface area (TPSA) is 69.6 Å². The van der Waals surface area contributed by atoms with Gasteiger partial charge in [-0.1, -0.05) is 6.92 Å². The number of aliphatic hydroxyl groups is 2. The van der Waals surface area contributed by atoms with Crippen LogP contribution < -0.4 is 5.32 Å². The van der Waals surface area contributed by atoms with Crippen molar-refractivity contribution in [1.82, 2.24) is 5.32 Å². The summed E-state index contributed by atoms with van der Waals surface area (Å²) in [6.45, 7) is 1.96. The first-order valence-corrected chi connectivity index (χ1v) is 5.25. The van der Waals surface area contributed by atoms with E-state index < -0.39 is 6.10 Å². The Morgan fingerprint density at radius 3 is 2.71 bits per heavy atom. The average Bonchev–Trinajstić information content (AvgIpc) is 2.46. The van der Waals surface area contributed by atoms with Crippen LogP contribution >= 0.6 is 0 Å². The zero-order valence-electron chi connectivity index (χ0n) is 8.57. The molecule has 0 heterocycles. The zero-order chi connectivity index (χ0) is 10.6. The van der Waals surface area contributed by atoms with Crippen molar-refractivity contribution in [3.05, 3.63) is 0 Å². The molecule has 0 radical (unpaired) electrons. The van der Waals surface area contributed by atoms with E-state index in [0.717, 1.165) is 6.42 Å². The Labute approximate surface area is 84.3 Å². The molecule has 0 saturated heterocycles. The van der Waals surface area contributed by atoms with Crippen LogP contribution in [0.2, 0.25) is 0 Å². The number of nitrogens with one attached hydrogen (secondary N) is 1. The lowest BCUT2D eigenvalue weighted by molar-refractivity contribution is -0.121. The van der Waals surface area contributed by atoms with Gasteiger partial charge in [-0.05, 0) is 19.3 Å². The third-order valence-corrected chi connectivity index (χ3v) is 2.73. The molecule has 3 atom stereocenters. The molecule has 0 aromatic carbocycles. The van der Waals surface area contributed by atoms with Gasteiger partial charge < -0.3 is 15.5 Å². The molecule has 1 saturated carbocycles. The summed E-state index contributed by atoms with van der Waals surface area (Å²) in [6.07, 6.45) is 2.17. The number of hydrogen-bond donors (Lipinski definition) is 3. The van der Waals surface area contributed by atoms with Gasteiger partial charge in [0.15, 0.2) is 0 Å². The van der Waals surface area contributed by atoms with Crippen LogP contribution in [0.3, 0.4) is 0 Å². The van der Waals surface area contributed by atoms with Crippen LogP contribution in [0.15, 0.2) is 0 Å². The fraction of sp³-hybridized carbons (Fsp3) is 0.900. The third kappa shape index (κ3) is 2.96. The molecule has 82 valence electrons. The van der Waals surface area contributed by atoms with Crippen molar-refractivity contribution < 1.29 is 15.0 Å². The quantitative estimate of drug-likeness (QED) is 0.601. The summed E-state index contributed by atoms with van der Waals surface area (Å²) < 4.78 is 0. The number of amides is 1. The van der Waals surface area contributed by atoms with E-state index in [9.17, 15) is 9.90 Å². The molecule has 1 amide bonds. The van der Waals surface area contributed by atoms with Crippen LogP contribution in [-0.4, -0.2) is 34.9 Å². The lowest BCUT2D eigenvalue weighted by Crippen LogP contribution is -2.33. The van der Waals surface area contributed by atoms with E-state index >= 15 is 0 Å². The summed E-state index contributed by atoms with van der Waals surface area (Å²) in [5, 5.41) is 21.3. The maximum atomic E-state index is 11.2. The molecule has 0 aromatic heterocycles. The molecule has 1 fully saturated rings. The predicted molar refractivity (Wildman–Crippen MR) is 52.7 cm³/mol. The van der Waals surface area contributed by atoms with Crippen molar-refractivity contribution in [3.63, 3.8) is 0 Å². The summed E-state index contributed by atoms with van der Waals surface area (Å²) in [6, 6.07) is 0.0428. The Bertz CT molecular complexity index is 196. The fourth-order valence-electron chi connectivity index (χ4n) is 1.94. The van der Waals surface area contributed by atoms with Crippen LogP contribution in [0.25, 0.3) is 0 Å². The molecule has 1 aliphatic rings. The van der Waals surface area contributed by atoms with Crippen molar-refractivity contribution in [2.75, 3.05) is 6.61 Å². The maximum absolute atomic E-state index is 11.2. The first-order chi connectivity index (χ1) is 6.67. The first-order valence-electron chi connectivity index (χ1n) is 5.25. The molecule has 4 heteroatoms. The number of carbonyl (C=O) groups excluding carboxylic acids is 1. The van der Waals surface area contributed by atoms with Crippen molar-refractivity contribution >= 4 is 5.91 Å². The van der Waals surface area contributed by atoms with E-state index in [-0.39, 0.29) is 24.5 Å². The highest BCUT2D eigenvalue weighted by Crippen LogP contribution is 2.25. The van der Waals surface area contributed by atoms with Gasteiger partial charge in [0.05, 0.1) is 6.10 Å². The minimum absolute atomic E-state index is 0.00130. The first kappa shape index (κ1) is 11.5. The predicted octanol–water partition coefficient (Wildman–Crippen LogP) is 0.0345. The second-order valence-corrected chi connectivity index (χ2v) is 4.00. The van der Waals surface area contributed by atoms with Gasteiger partial charge in [0.25, 0.3) is 0 Å². The van der Waals surface area contributed by atoms with Crippen LogP contribution in [-0.2, 0) is 4.79 Å². The minimum Gasteiger partial charge on any atom is -0.396 e. The highest BCUT2D eigenvalue weighted by atomic mass is 16.3. The van der Waals surface area contributed by atoms with Crippen LogP contribution in [0.4, 0.5) is 0 Å². The summed E-state index contributed by atoms with van der Waals surface area (Å²) in [7, 11) is 0. The van der Waals surface area contributed by atoms with Crippen LogP contribution in [0.5, 0.6) is 0 Å². The number of hydrogen-bond acceptors (Lipinski definition) is 3. The van der Waals surface area contributed by atoms with Gasteiger partial charge >= 0.3 is 0 Å². The van der Waals surface area contributed by atoms with E-state index in [2.05, 4.69) is 5.32 Å². The molecular formula is C10H19NO3. The molecule has 0 bridgehead atoms. The zero-order valence-corrected chi connectivity index (χ0v) is 8.57. The standard InChI is InChI=1S/C10H19NO3/c1-2-3-10(14)11-8-4-7(6-12)9(13)5-8/h7-9,12-13H,2-6H2,1H3,(H,11,14)/t7-,8-,9-/m1/s1. The monoisotopic (exact) mass is 201 g/mol. The van der Waals surface area contributed by atoms with Crippen LogP contribution in [0.1, 0.15) is 32.6 Å². The summed E-state index contributed by atoms with van der Waals surface area (Å²) in [5.74, 6) is -0.0229. The smallest absolute Gasteiger partial charge is 0.220 e. The summed E-state index contributed by atoms with van der Waals surface area (Å²) in [5.41, 5.74) is 0. The van der Waals surface area contributed by atoms with Crippen molar-refractivity contribution in [2.24, 2.45) is 5.92 Å². The fourth-order valence-corrected chi connectivity index (χ4v) is 1.94. The Kier molecular flexibility index (Phi) is 4.35. The van der Waals surface area contributed by atoms with E-state index in [1.165, 1.54) is 0 Å². The lowest BCUT2D eigenvalue weighted by atomic mass is 10.1. The Morgan fingerprint density at radius 1 is 1.50 bits per heavy atom. The largest absolute Gasteiger partial charge is 0.396 e. The molecule has 0 spiro atoms. The van der Waals surface area contributed by atoms with Gasteiger partial charge in [-0.2, -0.15) is 0 Å². The Morgan fingerprint density at radius 2 is 2.21 bits per heavy atom. The van der Waals surface area contributed by atoms with E-state index in [0.29, 0.717) is 19.3 Å². The van der Waals surface area contributed by atoms with E-state index in [4.69, 9.17) is 5.11 Å². The molecule has 1 rings (SSSR count). The average molecular weight is 201 g/mol. The molecule has 0 aromatic rings. The molecular weight excluding hydrogens is 182 g/mol. The van der Waals surface area contributed by atoms with Crippen molar-refractivity contribution in [2.45, 2.75) is 44.8 Å². The van der Waals surface area contributed by atoms with E-state index in [1.807, 2.05) is 6.92 Å². The van der Waals surface area contributed by atoms with Gasteiger partial charge in [0.2, 0.25) is 5.91 Å². The molecule has 0 unspecified atom stereocenters. The van der Waals surface area contributed by atoms with Gasteiger partial charge in [0, 0.05) is 25.0 Å². The van der Waals surface area contributed by atoms with Crippen LogP contribution in [0, 0.1) is 5.92 Å². The second kappa shape index (κ2) is 5.32. The third-order valence-electron chi connectivity index (χ3n) is 2.73. The minimum atomic E-state index is -0.466. The summed E-state index contributed by atoms with van der Waals surface area (Å²) >= 11 is 0. The number of aliphatic hydroxyl groups excluding tert-OH is 2. The number of rotatable bonds is 4. The molecule has 1 aliphatic carbocycles. The normalized spacial score (nSPS) is 31.8.